The standard InChI is InChI=1S/C34H26N2OSi/c1-25-20-21-26-24-35-34(23-27(26)22-25)38(28-12-4-2-5-13-28,29-14-6-3-7-15-29)36-30-16-8-10-18-32(30)37-33-19-11-9-17-31(33)36/h2-24H,1H3. The maximum absolute atomic E-state index is 6.46. The van der Waals surface area contributed by atoms with E-state index < -0.39 is 8.24 Å². The lowest BCUT2D eigenvalue weighted by atomic mass is 10.1. The lowest BCUT2D eigenvalue weighted by Gasteiger charge is -2.46. The molecule has 182 valence electrons. The molecule has 0 spiro atoms. The van der Waals surface area contributed by atoms with Gasteiger partial charge in [0.15, 0.2) is 0 Å². The third-order valence-corrected chi connectivity index (χ3v) is 11.9. The van der Waals surface area contributed by atoms with Crippen molar-refractivity contribution >= 4 is 46.1 Å². The minimum Gasteiger partial charge on any atom is -0.453 e. The lowest BCUT2D eigenvalue weighted by molar-refractivity contribution is 0.478. The smallest absolute Gasteiger partial charge is 0.276 e. The van der Waals surface area contributed by atoms with Gasteiger partial charge in [0.1, 0.15) is 11.5 Å². The zero-order valence-electron chi connectivity index (χ0n) is 21.1. The zero-order valence-corrected chi connectivity index (χ0v) is 22.1. The molecule has 38 heavy (non-hydrogen) atoms. The highest BCUT2D eigenvalue weighted by Crippen LogP contribution is 2.48. The monoisotopic (exact) mass is 506 g/mol. The van der Waals surface area contributed by atoms with Crippen LogP contribution in [0.1, 0.15) is 5.56 Å². The molecule has 6 aromatic rings. The van der Waals surface area contributed by atoms with E-state index in [4.69, 9.17) is 9.72 Å². The summed E-state index contributed by atoms with van der Waals surface area (Å²) >= 11 is 0. The number of para-hydroxylation sites is 4. The van der Waals surface area contributed by atoms with E-state index in [1.807, 2.05) is 18.3 Å². The van der Waals surface area contributed by atoms with E-state index in [2.05, 4.69) is 133 Å². The molecule has 0 saturated carbocycles. The van der Waals surface area contributed by atoms with Crippen LogP contribution in [-0.4, -0.2) is 13.2 Å². The van der Waals surface area contributed by atoms with E-state index in [1.54, 1.807) is 0 Å². The van der Waals surface area contributed by atoms with Crippen LogP contribution in [-0.2, 0) is 0 Å². The molecule has 0 aliphatic carbocycles. The predicted octanol–water partition coefficient (Wildman–Crippen LogP) is 6.45. The maximum Gasteiger partial charge on any atom is 0.276 e. The Kier molecular flexibility index (Phi) is 5.34. The molecule has 0 N–H and O–H groups in total. The highest BCUT2D eigenvalue weighted by molar-refractivity contribution is 7.14. The normalized spacial score (nSPS) is 12.5. The number of anilines is 2. The second-order valence-electron chi connectivity index (χ2n) is 9.74. The van der Waals surface area contributed by atoms with Crippen LogP contribution in [0.3, 0.4) is 0 Å². The van der Waals surface area contributed by atoms with Crippen LogP contribution >= 0.6 is 0 Å². The molecule has 4 heteroatoms. The number of hydrogen-bond acceptors (Lipinski definition) is 3. The fourth-order valence-electron chi connectivity index (χ4n) is 5.72. The molecule has 0 unspecified atom stereocenters. The second-order valence-corrected chi connectivity index (χ2v) is 13.3. The summed E-state index contributed by atoms with van der Waals surface area (Å²) in [5, 5.41) is 5.95. The van der Waals surface area contributed by atoms with Crippen LogP contribution in [0.2, 0.25) is 0 Å². The molecule has 1 aromatic heterocycles. The minimum absolute atomic E-state index is 0.853. The zero-order chi connectivity index (χ0) is 25.5. The van der Waals surface area contributed by atoms with Crippen molar-refractivity contribution in [2.24, 2.45) is 0 Å². The number of nitrogens with zero attached hydrogens (tertiary/aromatic N) is 2. The first-order chi connectivity index (χ1) is 18.7. The Hall–Kier alpha value is -4.67. The summed E-state index contributed by atoms with van der Waals surface area (Å²) in [6.07, 6.45) is 2.04. The van der Waals surface area contributed by atoms with Gasteiger partial charge in [0.05, 0.1) is 16.7 Å². The second kappa shape index (κ2) is 9.01. The molecular formula is C34H26N2OSi. The molecule has 5 aromatic carbocycles. The Morgan fingerprint density at radius 2 is 1.13 bits per heavy atom. The van der Waals surface area contributed by atoms with Gasteiger partial charge in [-0.15, -0.1) is 0 Å². The van der Waals surface area contributed by atoms with Crippen LogP contribution in [0.15, 0.2) is 140 Å². The summed E-state index contributed by atoms with van der Waals surface area (Å²) in [7, 11) is -3.02. The van der Waals surface area contributed by atoms with E-state index in [0.29, 0.717) is 0 Å². The summed E-state index contributed by atoms with van der Waals surface area (Å²) in [5.74, 6) is 1.71. The van der Waals surface area contributed by atoms with Gasteiger partial charge in [-0.2, -0.15) is 0 Å². The highest BCUT2D eigenvalue weighted by atomic mass is 28.3. The Morgan fingerprint density at radius 3 is 1.74 bits per heavy atom. The number of aromatic nitrogens is 1. The Labute approximate surface area is 223 Å². The van der Waals surface area contributed by atoms with Gasteiger partial charge in [-0.3, -0.25) is 4.98 Å². The Balaban J connectivity index is 1.66. The van der Waals surface area contributed by atoms with Crippen LogP contribution in [0.5, 0.6) is 11.5 Å². The molecule has 2 heterocycles. The number of fused-ring (bicyclic) bond motifs is 3. The van der Waals surface area contributed by atoms with Gasteiger partial charge in [-0.05, 0) is 58.4 Å². The first kappa shape index (κ1) is 22.5. The van der Waals surface area contributed by atoms with Gasteiger partial charge in [-0.25, -0.2) is 0 Å². The predicted molar refractivity (Wildman–Crippen MR) is 159 cm³/mol. The van der Waals surface area contributed by atoms with E-state index in [-0.39, 0.29) is 0 Å². The first-order valence-corrected chi connectivity index (χ1v) is 14.8. The largest absolute Gasteiger partial charge is 0.453 e. The number of hydrogen-bond donors (Lipinski definition) is 0. The summed E-state index contributed by atoms with van der Waals surface area (Å²) in [6.45, 7) is 2.15. The molecule has 0 fully saturated rings. The molecule has 0 bridgehead atoms. The van der Waals surface area contributed by atoms with Crippen molar-refractivity contribution < 1.29 is 4.74 Å². The third kappa shape index (κ3) is 3.45. The summed E-state index contributed by atoms with van der Waals surface area (Å²) in [5.41, 5.74) is 3.34. The number of rotatable bonds is 4. The highest BCUT2D eigenvalue weighted by Gasteiger charge is 2.50. The molecule has 0 atom stereocenters. The van der Waals surface area contributed by atoms with Crippen molar-refractivity contribution in [1.82, 2.24) is 4.98 Å². The number of aryl methyl sites for hydroxylation is 1. The van der Waals surface area contributed by atoms with Crippen molar-refractivity contribution in [1.29, 1.82) is 0 Å². The van der Waals surface area contributed by atoms with Gasteiger partial charge in [0.25, 0.3) is 8.24 Å². The quantitative estimate of drug-likeness (QED) is 0.257. The average Bonchev–Trinajstić information content (AvgIpc) is 2.98. The van der Waals surface area contributed by atoms with Crippen molar-refractivity contribution in [3.8, 4) is 11.5 Å². The van der Waals surface area contributed by atoms with Gasteiger partial charge in [0, 0.05) is 6.20 Å². The molecule has 3 nitrogen and oxygen atoms in total. The fourth-order valence-corrected chi connectivity index (χ4v) is 10.4. The summed E-state index contributed by atoms with van der Waals surface area (Å²) < 4.78 is 9.01. The van der Waals surface area contributed by atoms with Crippen molar-refractivity contribution in [2.45, 2.75) is 6.92 Å². The SMILES string of the molecule is Cc1ccc2cnc([Si](c3ccccc3)(c3ccccc3)N3c4ccccc4Oc4ccccc43)cc2c1. The van der Waals surface area contributed by atoms with Crippen LogP contribution < -0.4 is 25.0 Å². The van der Waals surface area contributed by atoms with Crippen molar-refractivity contribution in [3.63, 3.8) is 0 Å². The molecular weight excluding hydrogens is 480 g/mol. The Morgan fingerprint density at radius 1 is 0.579 bits per heavy atom. The molecule has 0 amide bonds. The molecule has 7 rings (SSSR count). The molecule has 1 aliphatic heterocycles. The van der Waals surface area contributed by atoms with Crippen LogP contribution in [0, 0.1) is 6.92 Å². The average molecular weight is 507 g/mol. The summed E-state index contributed by atoms with van der Waals surface area (Å²) in [4.78, 5) is 5.26. The maximum atomic E-state index is 6.46. The van der Waals surface area contributed by atoms with Crippen molar-refractivity contribution in [2.75, 3.05) is 4.57 Å². The van der Waals surface area contributed by atoms with E-state index in [9.17, 15) is 0 Å². The van der Waals surface area contributed by atoms with Gasteiger partial charge < -0.3 is 9.30 Å². The Bertz CT molecular complexity index is 1680. The van der Waals surface area contributed by atoms with Gasteiger partial charge in [-0.1, -0.05) is 109 Å². The lowest BCUT2D eigenvalue weighted by Crippen LogP contribution is -2.77. The molecule has 0 saturated heterocycles. The molecule has 0 radical (unpaired) electrons. The van der Waals surface area contributed by atoms with E-state index in [1.165, 1.54) is 21.3 Å². The van der Waals surface area contributed by atoms with Crippen LogP contribution in [0.4, 0.5) is 11.4 Å². The number of benzene rings is 5. The number of ether oxygens (including phenoxy) is 1. The first-order valence-electron chi connectivity index (χ1n) is 12.9. The van der Waals surface area contributed by atoms with Crippen molar-refractivity contribution in [3.05, 3.63) is 145 Å². The third-order valence-electron chi connectivity index (χ3n) is 7.40. The number of pyridine rings is 1. The van der Waals surface area contributed by atoms with Gasteiger partial charge >= 0.3 is 0 Å². The van der Waals surface area contributed by atoms with Crippen LogP contribution in [0.25, 0.3) is 10.8 Å². The molecule has 1 aliphatic rings. The topological polar surface area (TPSA) is 25.4 Å². The van der Waals surface area contributed by atoms with E-state index >= 15 is 0 Å². The fraction of sp³-hybridized carbons (Fsp3) is 0.0294. The van der Waals surface area contributed by atoms with Gasteiger partial charge in [0.2, 0.25) is 0 Å². The summed E-state index contributed by atoms with van der Waals surface area (Å²) in [6, 6.07) is 47.4. The van der Waals surface area contributed by atoms with E-state index in [0.717, 1.165) is 33.6 Å². The minimum atomic E-state index is -3.02.